The van der Waals surface area contributed by atoms with Crippen LogP contribution in [-0.4, -0.2) is 22.8 Å². The molecule has 0 saturated carbocycles. The predicted molar refractivity (Wildman–Crippen MR) is 61.3 cm³/mol. The third-order valence-electron chi connectivity index (χ3n) is 2.30. The maximum atomic E-state index is 12.0. The first-order valence-corrected chi connectivity index (χ1v) is 5.61. The van der Waals surface area contributed by atoms with E-state index in [0.29, 0.717) is 11.4 Å². The smallest absolute Gasteiger partial charge is 0.389 e. The van der Waals surface area contributed by atoms with Crippen LogP contribution in [0.25, 0.3) is 0 Å². The van der Waals surface area contributed by atoms with Crippen LogP contribution < -0.4 is 10.5 Å². The summed E-state index contributed by atoms with van der Waals surface area (Å²) in [5.74, 6) is 0.606. The lowest BCUT2D eigenvalue weighted by atomic mass is 10.1. The molecule has 0 unspecified atom stereocenters. The van der Waals surface area contributed by atoms with Crippen molar-refractivity contribution in [3.05, 3.63) is 11.9 Å². The van der Waals surface area contributed by atoms with Gasteiger partial charge in [-0.25, -0.2) is 9.97 Å². The number of halogens is 3. The summed E-state index contributed by atoms with van der Waals surface area (Å²) in [5.41, 5.74) is 6.31. The van der Waals surface area contributed by atoms with E-state index in [1.54, 1.807) is 0 Å². The summed E-state index contributed by atoms with van der Waals surface area (Å²) in [6, 6.07) is 0. The lowest BCUT2D eigenvalue weighted by Crippen LogP contribution is -2.11. The van der Waals surface area contributed by atoms with E-state index in [4.69, 9.17) is 10.5 Å². The molecule has 0 aliphatic rings. The summed E-state index contributed by atoms with van der Waals surface area (Å²) < 4.78 is 41.1. The Hall–Kier alpha value is -1.53. The van der Waals surface area contributed by atoms with Crippen LogP contribution in [0.2, 0.25) is 0 Å². The van der Waals surface area contributed by atoms with Gasteiger partial charge in [-0.2, -0.15) is 13.2 Å². The van der Waals surface area contributed by atoms with Gasteiger partial charge >= 0.3 is 6.18 Å². The monoisotopic (exact) mass is 263 g/mol. The minimum Gasteiger partial charge on any atom is -0.477 e. The van der Waals surface area contributed by atoms with E-state index in [1.807, 2.05) is 13.8 Å². The first-order valence-electron chi connectivity index (χ1n) is 5.61. The zero-order chi connectivity index (χ0) is 13.8. The summed E-state index contributed by atoms with van der Waals surface area (Å²) in [4.78, 5) is 7.74. The molecule has 18 heavy (non-hydrogen) atoms. The van der Waals surface area contributed by atoms with Crippen molar-refractivity contribution in [3.8, 4) is 5.88 Å². The Bertz CT molecular complexity index is 394. The topological polar surface area (TPSA) is 61.0 Å². The van der Waals surface area contributed by atoms with Crippen LogP contribution in [0.5, 0.6) is 5.88 Å². The number of hydrogen-bond acceptors (Lipinski definition) is 4. The molecule has 0 radical (unpaired) electrons. The molecule has 0 fully saturated rings. The number of alkyl halides is 3. The van der Waals surface area contributed by atoms with Gasteiger partial charge in [-0.1, -0.05) is 13.8 Å². The lowest BCUT2D eigenvalue weighted by Gasteiger charge is -2.14. The number of aromatic nitrogens is 2. The van der Waals surface area contributed by atoms with Crippen LogP contribution in [0.4, 0.5) is 19.0 Å². The summed E-state index contributed by atoms with van der Waals surface area (Å²) in [7, 11) is 0. The van der Waals surface area contributed by atoms with Crippen molar-refractivity contribution in [3.63, 3.8) is 0 Å². The molecule has 0 amide bonds. The number of anilines is 1. The molecule has 0 atom stereocenters. The molecule has 102 valence electrons. The highest BCUT2D eigenvalue weighted by Gasteiger charge is 2.26. The number of nitrogens with zero attached hydrogens (tertiary/aromatic N) is 2. The molecule has 1 heterocycles. The maximum Gasteiger partial charge on any atom is 0.389 e. The lowest BCUT2D eigenvalue weighted by molar-refractivity contribution is -0.136. The fourth-order valence-corrected chi connectivity index (χ4v) is 1.49. The number of rotatable bonds is 5. The van der Waals surface area contributed by atoms with Gasteiger partial charge in [-0.3, -0.25) is 0 Å². The molecule has 4 nitrogen and oxygen atoms in total. The van der Waals surface area contributed by atoms with Gasteiger partial charge in [0.15, 0.2) is 0 Å². The van der Waals surface area contributed by atoms with Gasteiger partial charge in [0.1, 0.15) is 12.1 Å². The quantitative estimate of drug-likeness (QED) is 0.830. The second-order valence-corrected chi connectivity index (χ2v) is 4.20. The third kappa shape index (κ3) is 4.38. The number of nitrogen functional groups attached to an aromatic ring is 1. The molecule has 1 aromatic rings. The first kappa shape index (κ1) is 14.5. The van der Waals surface area contributed by atoms with E-state index in [9.17, 15) is 13.2 Å². The summed E-state index contributed by atoms with van der Waals surface area (Å²) >= 11 is 0. The first-order chi connectivity index (χ1) is 8.31. The van der Waals surface area contributed by atoms with Crippen molar-refractivity contribution in [2.75, 3.05) is 12.3 Å². The van der Waals surface area contributed by atoms with Gasteiger partial charge in [0.25, 0.3) is 0 Å². The molecular formula is C11H16F3N3O. The standard InChI is InChI=1S/C11H16F3N3O/c1-7(2)8-9(15)16-6-17-10(8)18-5-3-4-11(12,13)14/h6-7H,3-5H2,1-2H3,(H2,15,16,17). The molecule has 0 aromatic carbocycles. The summed E-state index contributed by atoms with van der Waals surface area (Å²) in [5, 5.41) is 0. The van der Waals surface area contributed by atoms with Gasteiger partial charge in [0.05, 0.1) is 12.2 Å². The molecule has 7 heteroatoms. The molecule has 0 saturated heterocycles. The summed E-state index contributed by atoms with van der Waals surface area (Å²) in [6.45, 7) is 3.73. The van der Waals surface area contributed by atoms with E-state index < -0.39 is 12.6 Å². The molecule has 1 rings (SSSR count). The van der Waals surface area contributed by atoms with E-state index in [1.165, 1.54) is 6.33 Å². The van der Waals surface area contributed by atoms with Crippen LogP contribution in [0.3, 0.4) is 0 Å². The van der Waals surface area contributed by atoms with Crippen LogP contribution in [0, 0.1) is 0 Å². The Balaban J connectivity index is 2.60. The van der Waals surface area contributed by atoms with E-state index in [-0.39, 0.29) is 24.8 Å². The number of ether oxygens (including phenoxy) is 1. The zero-order valence-electron chi connectivity index (χ0n) is 10.3. The SMILES string of the molecule is CC(C)c1c(N)ncnc1OCCCC(F)(F)F. The minimum absolute atomic E-state index is 0.0452. The minimum atomic E-state index is -4.16. The normalized spacial score (nSPS) is 11.9. The van der Waals surface area contributed by atoms with Crippen molar-refractivity contribution in [1.82, 2.24) is 9.97 Å². The van der Waals surface area contributed by atoms with Gasteiger partial charge < -0.3 is 10.5 Å². The van der Waals surface area contributed by atoms with Crippen molar-refractivity contribution < 1.29 is 17.9 Å². The van der Waals surface area contributed by atoms with Crippen LogP contribution in [0.15, 0.2) is 6.33 Å². The second kappa shape index (κ2) is 5.88. The van der Waals surface area contributed by atoms with Gasteiger partial charge in [-0.15, -0.1) is 0 Å². The average molecular weight is 263 g/mol. The molecule has 0 aliphatic heterocycles. The molecule has 0 spiro atoms. The highest BCUT2D eigenvalue weighted by molar-refractivity contribution is 5.46. The van der Waals surface area contributed by atoms with Crippen molar-refractivity contribution >= 4 is 5.82 Å². The van der Waals surface area contributed by atoms with Gasteiger partial charge in [-0.05, 0) is 12.3 Å². The zero-order valence-corrected chi connectivity index (χ0v) is 10.3. The van der Waals surface area contributed by atoms with Crippen LogP contribution >= 0.6 is 0 Å². The Morgan fingerprint density at radius 2 is 2.00 bits per heavy atom. The highest BCUT2D eigenvalue weighted by Crippen LogP contribution is 2.28. The maximum absolute atomic E-state index is 12.0. The van der Waals surface area contributed by atoms with Crippen LogP contribution in [-0.2, 0) is 0 Å². The van der Waals surface area contributed by atoms with E-state index >= 15 is 0 Å². The third-order valence-corrected chi connectivity index (χ3v) is 2.30. The van der Waals surface area contributed by atoms with Crippen molar-refractivity contribution in [1.29, 1.82) is 0 Å². The predicted octanol–water partition coefficient (Wildman–Crippen LogP) is 2.90. The van der Waals surface area contributed by atoms with Crippen molar-refractivity contribution in [2.24, 2.45) is 0 Å². The molecular weight excluding hydrogens is 247 g/mol. The van der Waals surface area contributed by atoms with E-state index in [2.05, 4.69) is 9.97 Å². The van der Waals surface area contributed by atoms with E-state index in [0.717, 1.165) is 0 Å². The molecule has 1 aromatic heterocycles. The Labute approximate surface area is 103 Å². The average Bonchev–Trinajstić information content (AvgIpc) is 2.22. The molecule has 0 aliphatic carbocycles. The Kier molecular flexibility index (Phi) is 4.75. The number of nitrogens with two attached hydrogens (primary N) is 1. The Morgan fingerprint density at radius 3 is 2.56 bits per heavy atom. The molecule has 2 N–H and O–H groups in total. The molecule has 0 bridgehead atoms. The van der Waals surface area contributed by atoms with Crippen LogP contribution in [0.1, 0.15) is 38.2 Å². The van der Waals surface area contributed by atoms with Gasteiger partial charge in [0, 0.05) is 6.42 Å². The van der Waals surface area contributed by atoms with Crippen molar-refractivity contribution in [2.45, 2.75) is 38.8 Å². The largest absolute Gasteiger partial charge is 0.477 e. The van der Waals surface area contributed by atoms with Gasteiger partial charge in [0.2, 0.25) is 5.88 Å². The second-order valence-electron chi connectivity index (χ2n) is 4.20. The number of hydrogen-bond donors (Lipinski definition) is 1. The summed E-state index contributed by atoms with van der Waals surface area (Å²) in [6.07, 6.45) is -3.90. The Morgan fingerprint density at radius 1 is 1.33 bits per heavy atom. The fraction of sp³-hybridized carbons (Fsp3) is 0.636. The highest BCUT2D eigenvalue weighted by atomic mass is 19.4. The fourth-order valence-electron chi connectivity index (χ4n) is 1.49.